The molecule has 4 heteroatoms. The molecule has 0 aromatic rings. The number of methoxy groups -OCH3 is 1. The van der Waals surface area contributed by atoms with Crippen LogP contribution in [0.25, 0.3) is 0 Å². The van der Waals surface area contributed by atoms with Crippen LogP contribution in [0.15, 0.2) is 0 Å². The van der Waals surface area contributed by atoms with Gasteiger partial charge in [-0.05, 0) is 25.3 Å². The van der Waals surface area contributed by atoms with Crippen LogP contribution in [0, 0.1) is 11.8 Å². The van der Waals surface area contributed by atoms with Crippen molar-refractivity contribution < 1.29 is 14.6 Å². The monoisotopic (exact) mass is 229 g/mol. The van der Waals surface area contributed by atoms with E-state index < -0.39 is 5.97 Å². The lowest BCUT2D eigenvalue weighted by Gasteiger charge is -2.38. The molecule has 1 aliphatic rings. The largest absolute Gasteiger partial charge is 0.481 e. The fourth-order valence-electron chi connectivity index (χ4n) is 2.40. The zero-order chi connectivity index (χ0) is 12.1. The molecule has 1 N–H and O–H groups in total. The number of rotatable bonds is 5. The second kappa shape index (κ2) is 6.21. The number of hydrogen-bond donors (Lipinski definition) is 1. The third-order valence-corrected chi connectivity index (χ3v) is 3.38. The number of carboxylic acid groups (broad SMARTS) is 1. The minimum Gasteiger partial charge on any atom is -0.481 e. The summed E-state index contributed by atoms with van der Waals surface area (Å²) in [6.07, 6.45) is 1.79. The van der Waals surface area contributed by atoms with Crippen LogP contribution in [-0.4, -0.2) is 48.8 Å². The molecule has 94 valence electrons. The van der Waals surface area contributed by atoms with E-state index in [1.54, 1.807) is 7.11 Å². The zero-order valence-corrected chi connectivity index (χ0v) is 10.5. The highest BCUT2D eigenvalue weighted by Gasteiger charge is 2.30. The van der Waals surface area contributed by atoms with Crippen molar-refractivity contribution in [3.05, 3.63) is 0 Å². The Kier molecular flexibility index (Phi) is 5.22. The molecule has 0 aromatic heterocycles. The van der Waals surface area contributed by atoms with Crippen LogP contribution < -0.4 is 0 Å². The fourth-order valence-corrected chi connectivity index (χ4v) is 2.40. The minimum absolute atomic E-state index is 0.202. The van der Waals surface area contributed by atoms with E-state index in [9.17, 15) is 4.79 Å². The molecule has 0 radical (unpaired) electrons. The summed E-state index contributed by atoms with van der Waals surface area (Å²) in [5, 5.41) is 9.05. The molecule has 0 spiro atoms. The minimum atomic E-state index is -0.662. The van der Waals surface area contributed by atoms with Crippen LogP contribution in [0.1, 0.15) is 26.7 Å². The molecule has 1 fully saturated rings. The standard InChI is InChI=1S/C12H23NO3/c1-9(2)11(8-16-3)13-6-4-5-10(7-13)12(14)15/h9-11H,4-8H2,1-3H3,(H,14,15). The molecule has 1 rings (SSSR count). The van der Waals surface area contributed by atoms with Gasteiger partial charge in [-0.1, -0.05) is 13.8 Å². The van der Waals surface area contributed by atoms with Gasteiger partial charge < -0.3 is 9.84 Å². The highest BCUT2D eigenvalue weighted by atomic mass is 16.5. The molecule has 1 aliphatic heterocycles. The van der Waals surface area contributed by atoms with Gasteiger partial charge in [0.2, 0.25) is 0 Å². The lowest BCUT2D eigenvalue weighted by Crippen LogP contribution is -2.48. The Morgan fingerprint density at radius 1 is 1.56 bits per heavy atom. The molecule has 0 aliphatic carbocycles. The lowest BCUT2D eigenvalue weighted by atomic mass is 9.94. The van der Waals surface area contributed by atoms with Gasteiger partial charge in [-0.2, -0.15) is 0 Å². The van der Waals surface area contributed by atoms with E-state index in [0.717, 1.165) is 19.4 Å². The molecule has 0 amide bonds. The summed E-state index contributed by atoms with van der Waals surface area (Å²) in [4.78, 5) is 13.3. The Hall–Kier alpha value is -0.610. The van der Waals surface area contributed by atoms with Crippen molar-refractivity contribution in [3.8, 4) is 0 Å². The highest BCUT2D eigenvalue weighted by molar-refractivity contribution is 5.70. The van der Waals surface area contributed by atoms with Gasteiger partial charge in [-0.3, -0.25) is 9.69 Å². The van der Waals surface area contributed by atoms with E-state index in [-0.39, 0.29) is 5.92 Å². The highest BCUT2D eigenvalue weighted by Crippen LogP contribution is 2.22. The Balaban J connectivity index is 2.59. The summed E-state index contributed by atoms with van der Waals surface area (Å²) in [5.74, 6) is -0.371. The second-order valence-corrected chi connectivity index (χ2v) is 4.94. The maximum absolute atomic E-state index is 11.0. The summed E-state index contributed by atoms with van der Waals surface area (Å²) in [5.41, 5.74) is 0. The molecule has 0 aromatic carbocycles. The Bertz CT molecular complexity index is 230. The van der Waals surface area contributed by atoms with Gasteiger partial charge >= 0.3 is 5.97 Å². The summed E-state index contributed by atoms with van der Waals surface area (Å²) in [6.45, 7) is 6.67. The Morgan fingerprint density at radius 2 is 2.25 bits per heavy atom. The van der Waals surface area contributed by atoms with Crippen molar-refractivity contribution >= 4 is 5.97 Å². The van der Waals surface area contributed by atoms with Crippen molar-refractivity contribution in [3.63, 3.8) is 0 Å². The Labute approximate surface area is 97.6 Å². The first-order chi connectivity index (χ1) is 7.56. The van der Waals surface area contributed by atoms with Crippen molar-refractivity contribution in [2.24, 2.45) is 11.8 Å². The molecule has 0 saturated carbocycles. The van der Waals surface area contributed by atoms with Gasteiger partial charge in [0, 0.05) is 19.7 Å². The normalized spacial score (nSPS) is 24.6. The van der Waals surface area contributed by atoms with Crippen LogP contribution in [0.4, 0.5) is 0 Å². The molecule has 1 saturated heterocycles. The van der Waals surface area contributed by atoms with E-state index >= 15 is 0 Å². The van der Waals surface area contributed by atoms with Gasteiger partial charge in [-0.25, -0.2) is 0 Å². The second-order valence-electron chi connectivity index (χ2n) is 4.94. The smallest absolute Gasteiger partial charge is 0.307 e. The van der Waals surface area contributed by atoms with Crippen molar-refractivity contribution in [1.82, 2.24) is 4.90 Å². The summed E-state index contributed by atoms with van der Waals surface area (Å²) < 4.78 is 5.23. The SMILES string of the molecule is COCC(C(C)C)N1CCCC(C(=O)O)C1. The van der Waals surface area contributed by atoms with Crippen LogP contribution >= 0.6 is 0 Å². The van der Waals surface area contributed by atoms with Crippen molar-refractivity contribution in [2.75, 3.05) is 26.8 Å². The van der Waals surface area contributed by atoms with Crippen molar-refractivity contribution in [2.45, 2.75) is 32.7 Å². The first-order valence-corrected chi connectivity index (χ1v) is 6.02. The van der Waals surface area contributed by atoms with Crippen molar-refractivity contribution in [1.29, 1.82) is 0 Å². The molecular formula is C12H23NO3. The predicted octanol–water partition coefficient (Wildman–Crippen LogP) is 1.45. The van der Waals surface area contributed by atoms with Crippen LogP contribution in [-0.2, 0) is 9.53 Å². The summed E-state index contributed by atoms with van der Waals surface area (Å²) in [6, 6.07) is 0.340. The molecule has 2 atom stereocenters. The van der Waals surface area contributed by atoms with E-state index in [1.165, 1.54) is 0 Å². The third kappa shape index (κ3) is 3.46. The maximum Gasteiger partial charge on any atom is 0.307 e. The third-order valence-electron chi connectivity index (χ3n) is 3.38. The van der Waals surface area contributed by atoms with E-state index in [0.29, 0.717) is 25.1 Å². The lowest BCUT2D eigenvalue weighted by molar-refractivity contribution is -0.144. The fraction of sp³-hybridized carbons (Fsp3) is 0.917. The number of carbonyl (C=O) groups is 1. The number of likely N-dealkylation sites (tertiary alicyclic amines) is 1. The molecule has 0 bridgehead atoms. The number of aliphatic carboxylic acids is 1. The van der Waals surface area contributed by atoms with Crippen LogP contribution in [0.5, 0.6) is 0 Å². The van der Waals surface area contributed by atoms with E-state index in [4.69, 9.17) is 9.84 Å². The van der Waals surface area contributed by atoms with Gasteiger partial charge in [0.1, 0.15) is 0 Å². The number of carboxylic acids is 1. The average molecular weight is 229 g/mol. The van der Waals surface area contributed by atoms with Crippen LogP contribution in [0.3, 0.4) is 0 Å². The van der Waals surface area contributed by atoms with Gasteiger partial charge in [0.05, 0.1) is 12.5 Å². The number of piperidine rings is 1. The summed E-state index contributed by atoms with van der Waals surface area (Å²) >= 11 is 0. The van der Waals surface area contributed by atoms with Gasteiger partial charge in [-0.15, -0.1) is 0 Å². The molecule has 1 heterocycles. The van der Waals surface area contributed by atoms with E-state index in [1.807, 2.05) is 0 Å². The summed E-state index contributed by atoms with van der Waals surface area (Å²) in [7, 11) is 1.70. The van der Waals surface area contributed by atoms with Gasteiger partial charge in [0.25, 0.3) is 0 Å². The number of ether oxygens (including phenoxy) is 1. The molecule has 4 nitrogen and oxygen atoms in total. The molecular weight excluding hydrogens is 206 g/mol. The van der Waals surface area contributed by atoms with Crippen LogP contribution in [0.2, 0.25) is 0 Å². The predicted molar refractivity (Wildman–Crippen MR) is 62.4 cm³/mol. The molecule has 2 unspecified atom stereocenters. The molecule has 16 heavy (non-hydrogen) atoms. The van der Waals surface area contributed by atoms with Gasteiger partial charge in [0.15, 0.2) is 0 Å². The first kappa shape index (κ1) is 13.5. The Morgan fingerprint density at radius 3 is 2.75 bits per heavy atom. The first-order valence-electron chi connectivity index (χ1n) is 6.02. The number of hydrogen-bond acceptors (Lipinski definition) is 3. The number of nitrogens with zero attached hydrogens (tertiary/aromatic N) is 1. The quantitative estimate of drug-likeness (QED) is 0.775. The maximum atomic E-state index is 11.0. The van der Waals surface area contributed by atoms with E-state index in [2.05, 4.69) is 18.7 Å². The topological polar surface area (TPSA) is 49.8 Å². The zero-order valence-electron chi connectivity index (χ0n) is 10.5. The average Bonchev–Trinajstić information content (AvgIpc) is 2.25.